The molecule has 0 bridgehead atoms. The van der Waals surface area contributed by atoms with Crippen molar-refractivity contribution in [3.05, 3.63) is 11.4 Å². The summed E-state index contributed by atoms with van der Waals surface area (Å²) in [5, 5.41) is 0.368. The van der Waals surface area contributed by atoms with Crippen molar-refractivity contribution in [2.75, 3.05) is 0 Å². The largest absolute Gasteiger partial charge is 0.213 e. The minimum absolute atomic E-state index is 0.184. The van der Waals surface area contributed by atoms with E-state index in [-0.39, 0.29) is 10.3 Å². The van der Waals surface area contributed by atoms with Gasteiger partial charge in [-0.05, 0) is 0 Å². The summed E-state index contributed by atoms with van der Waals surface area (Å²) < 4.78 is 0. The lowest BCUT2D eigenvalue weighted by Gasteiger charge is -1.75. The first kappa shape index (κ1) is 7.06. The Morgan fingerprint density at radius 1 is 1.11 bits per heavy atom. The molecule has 0 N–H and O–H groups in total. The van der Waals surface area contributed by atoms with E-state index in [4.69, 9.17) is 34.8 Å². The Balaban J connectivity index is 2.96. The predicted molar refractivity (Wildman–Crippen MR) is 40.5 cm³/mol. The van der Waals surface area contributed by atoms with Gasteiger partial charge in [0.2, 0.25) is 0 Å². The van der Waals surface area contributed by atoms with Gasteiger partial charge in [-0.3, -0.25) is 0 Å². The molecule has 1 rings (SSSR count). The van der Waals surface area contributed by atoms with Crippen LogP contribution >= 0.6 is 34.8 Å². The predicted octanol–water partition coefficient (Wildman–Crippen LogP) is 2.31. The average Bonchev–Trinajstić information content (AvgIpc) is 2.13. The Labute approximate surface area is 66.8 Å². The topological polar surface area (TPSA) is 24.7 Å². The minimum atomic E-state index is 0.184. The molecule has 48 valence electrons. The summed E-state index contributed by atoms with van der Waals surface area (Å²) in [6.07, 6.45) is 0. The first-order chi connectivity index (χ1) is 4.24. The van der Waals surface area contributed by atoms with Gasteiger partial charge in [-0.2, -0.15) is 0 Å². The Morgan fingerprint density at radius 2 is 1.56 bits per heavy atom. The van der Waals surface area contributed by atoms with E-state index in [1.54, 1.807) is 0 Å². The first-order valence-corrected chi connectivity index (χ1v) is 3.22. The molecule has 0 saturated heterocycles. The number of halogens is 3. The van der Waals surface area contributed by atoms with Gasteiger partial charge in [0.05, 0.1) is 0 Å². The molecule has 5 heteroatoms. The van der Waals surface area contributed by atoms with Crippen LogP contribution in [0.5, 0.6) is 0 Å². The Kier molecular flexibility index (Phi) is 2.11. The summed E-state index contributed by atoms with van der Waals surface area (Å²) in [4.78, 5) is 7.33. The molecule has 0 unspecified atom stereocenters. The first-order valence-electron chi connectivity index (χ1n) is 2.03. The number of hydrogen-bond acceptors (Lipinski definition) is 2. The van der Waals surface area contributed by atoms with Gasteiger partial charge >= 0.3 is 0 Å². The van der Waals surface area contributed by atoms with Crippen molar-refractivity contribution < 1.29 is 0 Å². The van der Waals surface area contributed by atoms with Gasteiger partial charge in [-0.1, -0.05) is 34.8 Å². The van der Waals surface area contributed by atoms with Crippen molar-refractivity contribution in [2.24, 2.45) is 9.98 Å². The number of hydrogen-bond donors (Lipinski definition) is 0. The fraction of sp³-hybridized carbons (Fsp3) is 0. The molecule has 0 spiro atoms. The summed E-state index contributed by atoms with van der Waals surface area (Å²) in [6.45, 7) is 0. The summed E-state index contributed by atoms with van der Waals surface area (Å²) in [5.41, 5.74) is 1.21. The summed E-state index contributed by atoms with van der Waals surface area (Å²) in [7, 11) is 0. The fourth-order valence-corrected chi connectivity index (χ4v) is 0.722. The molecule has 0 aromatic carbocycles. The zero-order valence-electron chi connectivity index (χ0n) is 4.11. The quantitative estimate of drug-likeness (QED) is 0.551. The smallest absolute Gasteiger partial charge is 0.168 e. The van der Waals surface area contributed by atoms with Crippen LogP contribution in [0.15, 0.2) is 21.3 Å². The minimum Gasteiger partial charge on any atom is -0.213 e. The molecule has 0 aromatic rings. The van der Waals surface area contributed by atoms with Crippen molar-refractivity contribution in [3.63, 3.8) is 0 Å². The van der Waals surface area contributed by atoms with Crippen molar-refractivity contribution in [1.82, 2.24) is 0 Å². The lowest BCUT2D eigenvalue weighted by atomic mass is 10.8. The van der Waals surface area contributed by atoms with Crippen molar-refractivity contribution in [2.45, 2.75) is 0 Å². The van der Waals surface area contributed by atoms with E-state index in [0.717, 1.165) is 0 Å². The highest BCUT2D eigenvalue weighted by molar-refractivity contribution is 7.01. The van der Waals surface area contributed by atoms with E-state index in [1.165, 1.54) is 5.54 Å². The zero-order valence-corrected chi connectivity index (χ0v) is 6.37. The third kappa shape index (κ3) is 1.45. The highest BCUT2D eigenvalue weighted by Gasteiger charge is 2.10. The molecule has 1 aliphatic heterocycles. The second-order valence-electron chi connectivity index (χ2n) is 1.27. The van der Waals surface area contributed by atoms with Gasteiger partial charge in [0.1, 0.15) is 0 Å². The van der Waals surface area contributed by atoms with Crippen LogP contribution in [0.4, 0.5) is 0 Å². The summed E-state index contributed by atoms with van der Waals surface area (Å²) in [6, 6.07) is 0. The molecular formula is C4HCl3N2. The molecule has 0 atom stereocenters. The van der Waals surface area contributed by atoms with Crippen molar-refractivity contribution in [1.29, 1.82) is 0 Å². The van der Waals surface area contributed by atoms with Gasteiger partial charge in [0.15, 0.2) is 16.2 Å². The SMILES string of the molecule is ClC=C1N=C(Cl)C(Cl)=N1. The summed E-state index contributed by atoms with van der Waals surface area (Å²) >= 11 is 16.1. The second kappa shape index (κ2) is 2.69. The van der Waals surface area contributed by atoms with Gasteiger partial charge in [0, 0.05) is 5.54 Å². The molecular weight excluding hydrogens is 182 g/mol. The maximum Gasteiger partial charge on any atom is 0.168 e. The third-order valence-electron chi connectivity index (χ3n) is 0.693. The monoisotopic (exact) mass is 182 g/mol. The van der Waals surface area contributed by atoms with Crippen LogP contribution in [0.1, 0.15) is 0 Å². The van der Waals surface area contributed by atoms with Crippen LogP contribution in [-0.2, 0) is 0 Å². The zero-order chi connectivity index (χ0) is 6.85. The van der Waals surface area contributed by atoms with E-state index >= 15 is 0 Å². The molecule has 1 heterocycles. The molecule has 0 amide bonds. The normalized spacial score (nSPS) is 17.4. The number of rotatable bonds is 0. The van der Waals surface area contributed by atoms with Crippen LogP contribution in [-0.4, -0.2) is 10.3 Å². The maximum absolute atomic E-state index is 5.42. The average molecular weight is 183 g/mol. The summed E-state index contributed by atoms with van der Waals surface area (Å²) in [5.74, 6) is 0.340. The van der Waals surface area contributed by atoms with Gasteiger partial charge in [-0.25, -0.2) is 9.98 Å². The Bertz CT molecular complexity index is 196. The van der Waals surface area contributed by atoms with E-state index in [1.807, 2.05) is 0 Å². The molecule has 0 aliphatic carbocycles. The third-order valence-corrected chi connectivity index (χ3v) is 1.51. The van der Waals surface area contributed by atoms with Gasteiger partial charge in [0.25, 0.3) is 0 Å². The van der Waals surface area contributed by atoms with Crippen LogP contribution in [0.3, 0.4) is 0 Å². The lowest BCUT2D eigenvalue weighted by molar-refractivity contribution is 1.30. The standard InChI is InChI=1S/C4HCl3N2/c5-1-2-8-3(6)4(7)9-2/h1H. The molecule has 1 aliphatic rings. The van der Waals surface area contributed by atoms with Gasteiger partial charge < -0.3 is 0 Å². The van der Waals surface area contributed by atoms with E-state index < -0.39 is 0 Å². The molecule has 0 fully saturated rings. The van der Waals surface area contributed by atoms with Crippen molar-refractivity contribution in [3.8, 4) is 0 Å². The van der Waals surface area contributed by atoms with Crippen LogP contribution < -0.4 is 0 Å². The van der Waals surface area contributed by atoms with Crippen molar-refractivity contribution >= 4 is 45.1 Å². The molecule has 0 radical (unpaired) electrons. The molecule has 0 saturated carbocycles. The number of aliphatic imine (C=N–C) groups is 2. The van der Waals surface area contributed by atoms with E-state index in [0.29, 0.717) is 5.82 Å². The highest BCUT2D eigenvalue weighted by atomic mass is 35.5. The number of nitrogens with zero attached hydrogens (tertiary/aromatic N) is 2. The van der Waals surface area contributed by atoms with Crippen LogP contribution in [0, 0.1) is 0 Å². The fourth-order valence-electron chi connectivity index (χ4n) is 0.367. The van der Waals surface area contributed by atoms with Crippen LogP contribution in [0.25, 0.3) is 0 Å². The van der Waals surface area contributed by atoms with E-state index in [2.05, 4.69) is 9.98 Å². The molecule has 2 nitrogen and oxygen atoms in total. The van der Waals surface area contributed by atoms with Crippen LogP contribution in [0.2, 0.25) is 0 Å². The lowest BCUT2D eigenvalue weighted by Crippen LogP contribution is -1.90. The van der Waals surface area contributed by atoms with E-state index in [9.17, 15) is 0 Å². The van der Waals surface area contributed by atoms with Gasteiger partial charge in [-0.15, -0.1) is 0 Å². The highest BCUT2D eigenvalue weighted by Crippen LogP contribution is 2.14. The molecule has 0 aromatic heterocycles. The molecule has 9 heavy (non-hydrogen) atoms. The Morgan fingerprint density at radius 3 is 1.78 bits per heavy atom. The Hall–Kier alpha value is -0.0500. The maximum atomic E-state index is 5.42. The second-order valence-corrected chi connectivity index (χ2v) is 2.21.